The van der Waals surface area contributed by atoms with Crippen LogP contribution in [0.25, 0.3) is 5.57 Å². The molecule has 7 heteroatoms. The number of rotatable bonds is 7. The highest BCUT2D eigenvalue weighted by Gasteiger charge is 2.44. The maximum atomic E-state index is 13.8. The normalized spacial score (nSPS) is 18.7. The Kier molecular flexibility index (Phi) is 6.58. The summed E-state index contributed by atoms with van der Waals surface area (Å²) >= 11 is 0. The van der Waals surface area contributed by atoms with Crippen molar-refractivity contribution in [3.05, 3.63) is 53.7 Å². The minimum atomic E-state index is -0.360. The molecule has 1 fully saturated rings. The Hall–Kier alpha value is -3.48. The second kappa shape index (κ2) is 9.57. The highest BCUT2D eigenvalue weighted by atomic mass is 16.5. The SMILES string of the molecule is CCOc1ccc(C2=C(N3CCCC(C)C3)C(=O)N(c3ccc(OC)cc3OC)C2=O)cc1. The highest BCUT2D eigenvalue weighted by molar-refractivity contribution is 6.45. The van der Waals surface area contributed by atoms with E-state index in [9.17, 15) is 9.59 Å². The summed E-state index contributed by atoms with van der Waals surface area (Å²) in [5.41, 5.74) is 1.96. The van der Waals surface area contributed by atoms with Gasteiger partial charge in [-0.25, -0.2) is 4.90 Å². The lowest BCUT2D eigenvalue weighted by Gasteiger charge is -2.33. The van der Waals surface area contributed by atoms with Gasteiger partial charge in [-0.3, -0.25) is 9.59 Å². The van der Waals surface area contributed by atoms with Crippen molar-refractivity contribution in [1.82, 2.24) is 4.90 Å². The molecule has 174 valence electrons. The maximum absolute atomic E-state index is 13.8. The number of hydrogen-bond acceptors (Lipinski definition) is 6. The lowest BCUT2D eigenvalue weighted by Crippen LogP contribution is -2.39. The minimum Gasteiger partial charge on any atom is -0.497 e. The number of piperidine rings is 1. The van der Waals surface area contributed by atoms with Gasteiger partial charge in [0.15, 0.2) is 0 Å². The second-order valence-corrected chi connectivity index (χ2v) is 8.36. The summed E-state index contributed by atoms with van der Waals surface area (Å²) < 4.78 is 16.3. The van der Waals surface area contributed by atoms with Gasteiger partial charge in [-0.1, -0.05) is 19.1 Å². The van der Waals surface area contributed by atoms with Crippen LogP contribution in [0.1, 0.15) is 32.3 Å². The molecule has 33 heavy (non-hydrogen) atoms. The van der Waals surface area contributed by atoms with Gasteiger partial charge in [-0.05, 0) is 55.5 Å². The fourth-order valence-corrected chi connectivity index (χ4v) is 4.54. The van der Waals surface area contributed by atoms with E-state index < -0.39 is 0 Å². The molecule has 1 unspecified atom stereocenters. The molecule has 2 aliphatic heterocycles. The number of methoxy groups -OCH3 is 2. The monoisotopic (exact) mass is 450 g/mol. The van der Waals surface area contributed by atoms with Crippen LogP contribution < -0.4 is 19.1 Å². The summed E-state index contributed by atoms with van der Waals surface area (Å²) in [4.78, 5) is 30.9. The van der Waals surface area contributed by atoms with Gasteiger partial charge in [0.1, 0.15) is 22.9 Å². The molecule has 2 aromatic carbocycles. The first-order valence-electron chi connectivity index (χ1n) is 11.3. The molecule has 2 aromatic rings. The van der Waals surface area contributed by atoms with Crippen molar-refractivity contribution < 1.29 is 23.8 Å². The number of imide groups is 1. The molecule has 0 bridgehead atoms. The van der Waals surface area contributed by atoms with E-state index in [0.717, 1.165) is 31.7 Å². The Morgan fingerprint density at radius 3 is 2.33 bits per heavy atom. The highest BCUT2D eigenvalue weighted by Crippen LogP contribution is 2.41. The van der Waals surface area contributed by atoms with Gasteiger partial charge in [-0.2, -0.15) is 0 Å². The molecule has 0 N–H and O–H groups in total. The van der Waals surface area contributed by atoms with Crippen molar-refractivity contribution in [3.63, 3.8) is 0 Å². The van der Waals surface area contributed by atoms with E-state index in [-0.39, 0.29) is 11.8 Å². The molecule has 2 amide bonds. The number of anilines is 1. The zero-order chi connectivity index (χ0) is 23.5. The Bertz CT molecular complexity index is 1080. The molecular weight excluding hydrogens is 420 g/mol. The first-order chi connectivity index (χ1) is 16.0. The molecule has 0 aromatic heterocycles. The van der Waals surface area contributed by atoms with Crippen LogP contribution in [-0.2, 0) is 9.59 Å². The summed E-state index contributed by atoms with van der Waals surface area (Å²) in [5.74, 6) is 1.46. The van der Waals surface area contributed by atoms with Gasteiger partial charge in [0.25, 0.3) is 11.8 Å². The van der Waals surface area contributed by atoms with Gasteiger partial charge in [0.2, 0.25) is 0 Å². The van der Waals surface area contributed by atoms with Crippen molar-refractivity contribution in [2.45, 2.75) is 26.7 Å². The second-order valence-electron chi connectivity index (χ2n) is 8.36. The van der Waals surface area contributed by atoms with Crippen molar-refractivity contribution in [2.75, 3.05) is 38.8 Å². The average molecular weight is 451 g/mol. The first-order valence-corrected chi connectivity index (χ1v) is 11.3. The van der Waals surface area contributed by atoms with E-state index in [1.807, 2.05) is 31.2 Å². The molecule has 1 saturated heterocycles. The fourth-order valence-electron chi connectivity index (χ4n) is 4.54. The first kappa shape index (κ1) is 22.7. The topological polar surface area (TPSA) is 68.3 Å². The van der Waals surface area contributed by atoms with E-state index in [1.54, 1.807) is 25.3 Å². The van der Waals surface area contributed by atoms with Crippen LogP contribution in [0.3, 0.4) is 0 Å². The van der Waals surface area contributed by atoms with Gasteiger partial charge in [-0.15, -0.1) is 0 Å². The van der Waals surface area contributed by atoms with E-state index in [2.05, 4.69) is 11.8 Å². The number of benzene rings is 2. The van der Waals surface area contributed by atoms with Gasteiger partial charge in [0, 0.05) is 19.2 Å². The van der Waals surface area contributed by atoms with E-state index in [1.165, 1.54) is 12.0 Å². The molecule has 7 nitrogen and oxygen atoms in total. The Morgan fingerprint density at radius 1 is 0.970 bits per heavy atom. The summed E-state index contributed by atoms with van der Waals surface area (Å²) in [6.07, 6.45) is 2.09. The molecule has 2 aliphatic rings. The molecule has 0 radical (unpaired) electrons. The predicted molar refractivity (Wildman–Crippen MR) is 127 cm³/mol. The minimum absolute atomic E-state index is 0.332. The van der Waals surface area contributed by atoms with Crippen LogP contribution >= 0.6 is 0 Å². The average Bonchev–Trinajstić information content (AvgIpc) is 3.09. The number of hydrogen-bond donors (Lipinski definition) is 0. The van der Waals surface area contributed by atoms with Crippen molar-refractivity contribution in [1.29, 1.82) is 0 Å². The van der Waals surface area contributed by atoms with Crippen LogP contribution in [0.5, 0.6) is 17.2 Å². The fraction of sp³-hybridized carbons (Fsp3) is 0.385. The summed E-state index contributed by atoms with van der Waals surface area (Å²) in [7, 11) is 3.07. The molecule has 0 saturated carbocycles. The van der Waals surface area contributed by atoms with Crippen LogP contribution in [-0.4, -0.2) is 50.6 Å². The van der Waals surface area contributed by atoms with E-state index in [4.69, 9.17) is 14.2 Å². The third-order valence-corrected chi connectivity index (χ3v) is 6.11. The molecule has 1 atom stereocenters. The molecule has 0 spiro atoms. The maximum Gasteiger partial charge on any atom is 0.282 e. The third kappa shape index (κ3) is 4.27. The number of nitrogens with zero attached hydrogens (tertiary/aromatic N) is 2. The number of likely N-dealkylation sites (tertiary alicyclic amines) is 1. The molecule has 0 aliphatic carbocycles. The van der Waals surface area contributed by atoms with Gasteiger partial charge >= 0.3 is 0 Å². The smallest absolute Gasteiger partial charge is 0.282 e. The summed E-state index contributed by atoms with van der Waals surface area (Å²) in [6, 6.07) is 12.4. The quantitative estimate of drug-likeness (QED) is 0.591. The molecule has 2 heterocycles. The van der Waals surface area contributed by atoms with E-state index in [0.29, 0.717) is 46.5 Å². The number of carbonyl (C=O) groups excluding carboxylic acids is 2. The Morgan fingerprint density at radius 2 is 1.70 bits per heavy atom. The number of amides is 2. The Balaban J connectivity index is 1.81. The van der Waals surface area contributed by atoms with Crippen LogP contribution in [0, 0.1) is 5.92 Å². The molecular formula is C26H30N2O5. The zero-order valence-corrected chi connectivity index (χ0v) is 19.6. The third-order valence-electron chi connectivity index (χ3n) is 6.11. The summed E-state index contributed by atoms with van der Waals surface area (Å²) in [6.45, 7) is 6.14. The van der Waals surface area contributed by atoms with Crippen LogP contribution in [0.2, 0.25) is 0 Å². The number of ether oxygens (including phenoxy) is 3. The largest absolute Gasteiger partial charge is 0.497 e. The standard InChI is InChI=1S/C26H30N2O5/c1-5-33-19-10-8-18(9-11-19)23-24(27-14-6-7-17(2)16-27)26(30)28(25(23)29)21-13-12-20(31-3)15-22(21)32-4/h8-13,15,17H,5-7,14,16H2,1-4H3. The molecule has 4 rings (SSSR count). The lowest BCUT2D eigenvalue weighted by atomic mass is 9.97. The van der Waals surface area contributed by atoms with Gasteiger partial charge < -0.3 is 19.1 Å². The predicted octanol–water partition coefficient (Wildman–Crippen LogP) is 4.12. The van der Waals surface area contributed by atoms with Gasteiger partial charge in [0.05, 0.1) is 32.1 Å². The van der Waals surface area contributed by atoms with Crippen molar-refractivity contribution >= 4 is 23.1 Å². The van der Waals surface area contributed by atoms with Crippen molar-refractivity contribution in [2.24, 2.45) is 5.92 Å². The Labute approximate surface area is 194 Å². The summed E-state index contributed by atoms with van der Waals surface area (Å²) in [5, 5.41) is 0. The van der Waals surface area contributed by atoms with Crippen LogP contribution in [0.4, 0.5) is 5.69 Å². The van der Waals surface area contributed by atoms with Crippen molar-refractivity contribution in [3.8, 4) is 17.2 Å². The lowest BCUT2D eigenvalue weighted by molar-refractivity contribution is -0.120. The number of carbonyl (C=O) groups is 2. The van der Waals surface area contributed by atoms with Crippen LogP contribution in [0.15, 0.2) is 48.2 Å². The zero-order valence-electron chi connectivity index (χ0n) is 19.6. The van der Waals surface area contributed by atoms with E-state index >= 15 is 0 Å².